The summed E-state index contributed by atoms with van der Waals surface area (Å²) in [7, 11) is 0. The van der Waals surface area contributed by atoms with Gasteiger partial charge in [0.05, 0.1) is 6.54 Å². The van der Waals surface area contributed by atoms with E-state index in [0.29, 0.717) is 17.9 Å². The second-order valence-corrected chi connectivity index (χ2v) is 7.05. The Morgan fingerprint density at radius 1 is 1.24 bits per heavy atom. The third kappa shape index (κ3) is 3.35. The number of cyclic esters (lactones) is 1. The molecule has 0 bridgehead atoms. The van der Waals surface area contributed by atoms with E-state index in [9.17, 15) is 4.79 Å². The van der Waals surface area contributed by atoms with Crippen LogP contribution in [0.1, 0.15) is 18.5 Å². The van der Waals surface area contributed by atoms with Crippen molar-refractivity contribution in [3.05, 3.63) is 35.9 Å². The van der Waals surface area contributed by atoms with E-state index < -0.39 is 0 Å². The average molecular weight is 306 g/mol. The molecule has 0 unspecified atom stereocenters. The molecule has 0 N–H and O–H groups in total. The summed E-state index contributed by atoms with van der Waals surface area (Å²) in [5, 5.41) is 0.576. The second kappa shape index (κ2) is 6.71. The maximum atomic E-state index is 11.5. The van der Waals surface area contributed by atoms with Crippen molar-refractivity contribution in [2.45, 2.75) is 18.2 Å². The van der Waals surface area contributed by atoms with Gasteiger partial charge in [0.15, 0.2) is 0 Å². The molecular weight excluding hydrogens is 284 g/mol. The van der Waals surface area contributed by atoms with Crippen molar-refractivity contribution in [1.29, 1.82) is 0 Å². The maximum absolute atomic E-state index is 11.5. The van der Waals surface area contributed by atoms with Crippen molar-refractivity contribution in [2.75, 3.05) is 38.5 Å². The van der Waals surface area contributed by atoms with Crippen LogP contribution >= 0.6 is 11.8 Å². The fraction of sp³-hybridized carbons (Fsp3) is 0.562. The van der Waals surface area contributed by atoms with Crippen LogP contribution in [0.4, 0.5) is 4.79 Å². The molecule has 3 rings (SSSR count). The molecule has 21 heavy (non-hydrogen) atoms. The normalized spacial score (nSPS) is 26.9. The minimum Gasteiger partial charge on any atom is -0.448 e. The number of carbonyl (C=O) groups is 1. The van der Waals surface area contributed by atoms with Gasteiger partial charge in [-0.15, -0.1) is 0 Å². The number of benzene rings is 1. The number of rotatable bonds is 4. The molecule has 4 nitrogen and oxygen atoms in total. The molecule has 2 heterocycles. The minimum absolute atomic E-state index is 0.161. The van der Waals surface area contributed by atoms with Gasteiger partial charge in [-0.25, -0.2) is 4.79 Å². The van der Waals surface area contributed by atoms with Gasteiger partial charge >= 0.3 is 6.09 Å². The van der Waals surface area contributed by atoms with Crippen molar-refractivity contribution in [1.82, 2.24) is 9.80 Å². The van der Waals surface area contributed by atoms with Gasteiger partial charge in [-0.3, -0.25) is 4.90 Å². The molecule has 5 heteroatoms. The number of hydrogen-bond donors (Lipinski definition) is 0. The van der Waals surface area contributed by atoms with E-state index in [1.54, 1.807) is 0 Å². The third-order valence-corrected chi connectivity index (χ3v) is 5.44. The van der Waals surface area contributed by atoms with E-state index in [1.165, 1.54) is 5.56 Å². The molecule has 0 saturated carbocycles. The Bertz CT molecular complexity index is 482. The van der Waals surface area contributed by atoms with E-state index in [1.807, 2.05) is 16.7 Å². The quantitative estimate of drug-likeness (QED) is 0.856. The molecule has 2 aliphatic heterocycles. The summed E-state index contributed by atoms with van der Waals surface area (Å²) in [6, 6.07) is 11.1. The minimum atomic E-state index is -0.161. The Morgan fingerprint density at radius 2 is 2.05 bits per heavy atom. The van der Waals surface area contributed by atoms with Gasteiger partial charge in [0.1, 0.15) is 6.61 Å². The maximum Gasteiger partial charge on any atom is 0.409 e. The van der Waals surface area contributed by atoms with Gasteiger partial charge in [-0.2, -0.15) is 11.8 Å². The molecule has 0 aromatic heterocycles. The average Bonchev–Trinajstić information content (AvgIpc) is 2.91. The van der Waals surface area contributed by atoms with E-state index in [2.05, 4.69) is 42.2 Å². The lowest BCUT2D eigenvalue weighted by atomic mass is 10.0. The van der Waals surface area contributed by atoms with E-state index in [0.717, 1.165) is 31.9 Å². The standard InChI is InChI=1S/C16H22N2O2S/c1-13-15(14-5-3-2-4-6-14)17(10-12-21-13)7-8-18-9-11-20-16(18)19/h2-6,13,15H,7-12H2,1H3/t13-,15-/m0/s1. The Labute approximate surface area is 130 Å². The highest BCUT2D eigenvalue weighted by Crippen LogP contribution is 2.35. The monoisotopic (exact) mass is 306 g/mol. The Kier molecular flexibility index (Phi) is 4.70. The number of ether oxygens (including phenoxy) is 1. The van der Waals surface area contributed by atoms with Crippen molar-refractivity contribution in [3.63, 3.8) is 0 Å². The van der Waals surface area contributed by atoms with Crippen LogP contribution in [0.15, 0.2) is 30.3 Å². The first-order chi connectivity index (χ1) is 10.3. The number of carbonyl (C=O) groups excluding carboxylic acids is 1. The topological polar surface area (TPSA) is 32.8 Å². The molecule has 0 spiro atoms. The Balaban J connectivity index is 1.68. The van der Waals surface area contributed by atoms with Crippen LogP contribution in [0.25, 0.3) is 0 Å². The fourth-order valence-corrected chi connectivity index (χ4v) is 4.37. The van der Waals surface area contributed by atoms with Crippen molar-refractivity contribution in [2.24, 2.45) is 0 Å². The first kappa shape index (κ1) is 14.7. The third-order valence-electron chi connectivity index (χ3n) is 4.24. The van der Waals surface area contributed by atoms with Crippen LogP contribution in [0.2, 0.25) is 0 Å². The van der Waals surface area contributed by atoms with Crippen LogP contribution < -0.4 is 0 Å². The fourth-order valence-electron chi connectivity index (χ4n) is 3.14. The number of nitrogens with zero attached hydrogens (tertiary/aromatic N) is 2. The summed E-state index contributed by atoms with van der Waals surface area (Å²) in [6.07, 6.45) is -0.161. The van der Waals surface area contributed by atoms with Crippen LogP contribution in [0, 0.1) is 0 Å². The molecule has 2 atom stereocenters. The molecule has 114 valence electrons. The second-order valence-electron chi connectivity index (χ2n) is 5.57. The van der Waals surface area contributed by atoms with Gasteiger partial charge in [-0.05, 0) is 5.56 Å². The summed E-state index contributed by atoms with van der Waals surface area (Å²) in [5.41, 5.74) is 1.38. The number of hydrogen-bond acceptors (Lipinski definition) is 4. The molecule has 2 fully saturated rings. The lowest BCUT2D eigenvalue weighted by Crippen LogP contribution is -2.44. The van der Waals surface area contributed by atoms with Crippen LogP contribution in [-0.4, -0.2) is 59.7 Å². The van der Waals surface area contributed by atoms with Gasteiger partial charge in [0.2, 0.25) is 0 Å². The zero-order valence-corrected chi connectivity index (χ0v) is 13.2. The first-order valence-corrected chi connectivity index (χ1v) is 8.63. The van der Waals surface area contributed by atoms with Gasteiger partial charge in [0.25, 0.3) is 0 Å². The Morgan fingerprint density at radius 3 is 2.76 bits per heavy atom. The summed E-state index contributed by atoms with van der Waals surface area (Å²) in [6.45, 7) is 6.33. The molecule has 2 aliphatic rings. The smallest absolute Gasteiger partial charge is 0.409 e. The van der Waals surface area contributed by atoms with Gasteiger partial charge < -0.3 is 9.64 Å². The van der Waals surface area contributed by atoms with Gasteiger partial charge in [0, 0.05) is 36.7 Å². The molecule has 1 amide bonds. The molecule has 2 saturated heterocycles. The zero-order chi connectivity index (χ0) is 14.7. The largest absolute Gasteiger partial charge is 0.448 e. The predicted molar refractivity (Wildman–Crippen MR) is 85.6 cm³/mol. The molecule has 0 aliphatic carbocycles. The lowest BCUT2D eigenvalue weighted by molar-refractivity contribution is 0.145. The SMILES string of the molecule is C[C@@H]1SCCN(CCN2CCOC2=O)[C@@H]1c1ccccc1. The van der Waals surface area contributed by atoms with Crippen LogP contribution in [-0.2, 0) is 4.74 Å². The van der Waals surface area contributed by atoms with Gasteiger partial charge in [-0.1, -0.05) is 37.3 Å². The molecule has 1 aromatic carbocycles. The zero-order valence-electron chi connectivity index (χ0n) is 12.4. The Hall–Kier alpha value is -1.20. The lowest BCUT2D eigenvalue weighted by Gasteiger charge is -2.40. The van der Waals surface area contributed by atoms with E-state index >= 15 is 0 Å². The first-order valence-electron chi connectivity index (χ1n) is 7.58. The predicted octanol–water partition coefficient (Wildman–Crippen LogP) is 2.62. The summed E-state index contributed by atoms with van der Waals surface area (Å²) < 4.78 is 5.00. The summed E-state index contributed by atoms with van der Waals surface area (Å²) in [4.78, 5) is 15.9. The highest BCUT2D eigenvalue weighted by Gasteiger charge is 2.31. The molecule has 1 aromatic rings. The number of thioether (sulfide) groups is 1. The summed E-state index contributed by atoms with van der Waals surface area (Å²) >= 11 is 2.04. The number of amides is 1. The highest BCUT2D eigenvalue weighted by atomic mass is 32.2. The molecular formula is C16H22N2O2S. The molecule has 0 radical (unpaired) electrons. The summed E-state index contributed by atoms with van der Waals surface area (Å²) in [5.74, 6) is 1.16. The van der Waals surface area contributed by atoms with E-state index in [-0.39, 0.29) is 6.09 Å². The van der Waals surface area contributed by atoms with Crippen LogP contribution in [0.5, 0.6) is 0 Å². The van der Waals surface area contributed by atoms with Crippen molar-refractivity contribution < 1.29 is 9.53 Å². The van der Waals surface area contributed by atoms with E-state index in [4.69, 9.17) is 4.74 Å². The van der Waals surface area contributed by atoms with Crippen LogP contribution in [0.3, 0.4) is 0 Å². The van der Waals surface area contributed by atoms with Crippen molar-refractivity contribution >= 4 is 17.9 Å². The highest BCUT2D eigenvalue weighted by molar-refractivity contribution is 8.00. The van der Waals surface area contributed by atoms with Crippen molar-refractivity contribution in [3.8, 4) is 0 Å².